The Morgan fingerprint density at radius 2 is 1.70 bits per heavy atom. The molecule has 0 bridgehead atoms. The van der Waals surface area contributed by atoms with Crippen LogP contribution in [0.4, 0.5) is 21.7 Å². The summed E-state index contributed by atoms with van der Waals surface area (Å²) >= 11 is 1.35. The fourth-order valence-corrected chi connectivity index (χ4v) is 4.90. The minimum Gasteiger partial charge on any atom is -0.494 e. The minimum atomic E-state index is -4.17. The maximum absolute atomic E-state index is 14.1. The zero-order valence-corrected chi connectivity index (χ0v) is 18.7. The Morgan fingerprint density at radius 3 is 2.42 bits per heavy atom. The van der Waals surface area contributed by atoms with Crippen LogP contribution in [-0.4, -0.2) is 29.9 Å². The molecule has 5 aromatic rings. The molecular formula is C22H16FN5O3S2. The molecule has 5 rings (SSSR count). The van der Waals surface area contributed by atoms with Crippen LogP contribution in [0.1, 0.15) is 0 Å². The first-order valence-electron chi connectivity index (χ1n) is 9.67. The van der Waals surface area contributed by atoms with Crippen LogP contribution < -0.4 is 14.8 Å². The second kappa shape index (κ2) is 8.26. The van der Waals surface area contributed by atoms with E-state index < -0.39 is 15.8 Å². The predicted molar refractivity (Wildman–Crippen MR) is 126 cm³/mol. The maximum Gasteiger partial charge on any atom is 0.263 e. The van der Waals surface area contributed by atoms with Gasteiger partial charge in [-0.05, 0) is 60.1 Å². The van der Waals surface area contributed by atoms with Crippen molar-refractivity contribution in [3.63, 3.8) is 0 Å². The summed E-state index contributed by atoms with van der Waals surface area (Å²) in [5, 5.41) is 5.98. The van der Waals surface area contributed by atoms with E-state index in [1.807, 2.05) is 29.6 Å². The van der Waals surface area contributed by atoms with Crippen molar-refractivity contribution < 1.29 is 17.5 Å². The number of halogens is 1. The standard InChI is InChI=1S/C22H16FN5O3S2/c1-31-20-9-7-15(11-16(20)23)33(29,30)28-22-21(25-18-4-2-3-5-19(18)26-22)24-14-6-8-17-13(10-14)12-32-27-17/h2-12H,1H3,(H,24,25)(H,26,28). The topological polar surface area (TPSA) is 106 Å². The monoisotopic (exact) mass is 481 g/mol. The van der Waals surface area contributed by atoms with E-state index in [2.05, 4.69) is 24.4 Å². The third-order valence-corrected chi connectivity index (χ3v) is 6.85. The van der Waals surface area contributed by atoms with Crippen LogP contribution in [-0.2, 0) is 10.0 Å². The molecule has 0 aliphatic heterocycles. The van der Waals surface area contributed by atoms with Crippen LogP contribution in [0.25, 0.3) is 21.9 Å². The summed E-state index contributed by atoms with van der Waals surface area (Å²) in [4.78, 5) is 8.73. The molecule has 166 valence electrons. The Kier molecular flexibility index (Phi) is 5.27. The van der Waals surface area contributed by atoms with Crippen LogP contribution in [0.2, 0.25) is 0 Å². The fourth-order valence-electron chi connectivity index (χ4n) is 3.25. The number of anilines is 3. The Balaban J connectivity index is 1.56. The van der Waals surface area contributed by atoms with Crippen molar-refractivity contribution in [2.24, 2.45) is 0 Å². The second-order valence-corrected chi connectivity index (χ2v) is 9.34. The molecule has 0 unspecified atom stereocenters. The van der Waals surface area contributed by atoms with E-state index in [1.54, 1.807) is 18.2 Å². The summed E-state index contributed by atoms with van der Waals surface area (Å²) < 4.78 is 51.7. The molecule has 0 fully saturated rings. The van der Waals surface area contributed by atoms with E-state index in [9.17, 15) is 12.8 Å². The summed E-state index contributed by atoms with van der Waals surface area (Å²) in [5.74, 6) is -0.664. The van der Waals surface area contributed by atoms with Gasteiger partial charge in [-0.25, -0.2) is 22.8 Å². The summed E-state index contributed by atoms with van der Waals surface area (Å²) in [5.41, 5.74) is 2.62. The molecule has 0 atom stereocenters. The molecule has 0 amide bonds. The van der Waals surface area contributed by atoms with E-state index >= 15 is 0 Å². The van der Waals surface area contributed by atoms with Gasteiger partial charge in [-0.1, -0.05) is 12.1 Å². The van der Waals surface area contributed by atoms with Crippen molar-refractivity contribution >= 4 is 60.8 Å². The number of benzene rings is 3. The van der Waals surface area contributed by atoms with Gasteiger partial charge in [-0.3, -0.25) is 4.72 Å². The minimum absolute atomic E-state index is 0.0199. The number of nitrogens with zero attached hydrogens (tertiary/aromatic N) is 3. The average molecular weight is 482 g/mol. The Labute approximate surface area is 192 Å². The highest BCUT2D eigenvalue weighted by atomic mass is 32.2. The largest absolute Gasteiger partial charge is 0.494 e. The molecule has 0 aliphatic rings. The van der Waals surface area contributed by atoms with E-state index in [4.69, 9.17) is 4.74 Å². The lowest BCUT2D eigenvalue weighted by Crippen LogP contribution is -2.16. The zero-order valence-electron chi connectivity index (χ0n) is 17.1. The van der Waals surface area contributed by atoms with Crippen molar-refractivity contribution in [3.05, 3.63) is 71.9 Å². The molecule has 0 saturated carbocycles. The molecular weight excluding hydrogens is 465 g/mol. The Hall–Kier alpha value is -3.83. The first-order chi connectivity index (χ1) is 15.9. The molecule has 0 saturated heterocycles. The van der Waals surface area contributed by atoms with Gasteiger partial charge in [0, 0.05) is 16.5 Å². The Bertz CT molecular complexity index is 1600. The van der Waals surface area contributed by atoms with Crippen LogP contribution in [0, 0.1) is 5.82 Å². The number of para-hydroxylation sites is 2. The van der Waals surface area contributed by atoms with E-state index in [0.717, 1.165) is 17.0 Å². The molecule has 0 radical (unpaired) electrons. The van der Waals surface area contributed by atoms with Gasteiger partial charge >= 0.3 is 0 Å². The van der Waals surface area contributed by atoms with Crippen molar-refractivity contribution in [1.29, 1.82) is 0 Å². The third kappa shape index (κ3) is 4.15. The van der Waals surface area contributed by atoms with Crippen LogP contribution in [0.5, 0.6) is 5.75 Å². The smallest absolute Gasteiger partial charge is 0.263 e. The summed E-state index contributed by atoms with van der Waals surface area (Å²) in [7, 11) is -2.86. The van der Waals surface area contributed by atoms with Gasteiger partial charge in [0.15, 0.2) is 23.2 Å². The van der Waals surface area contributed by atoms with Gasteiger partial charge in [-0.2, -0.15) is 4.37 Å². The van der Waals surface area contributed by atoms with Crippen LogP contribution >= 0.6 is 11.5 Å². The first-order valence-corrected chi connectivity index (χ1v) is 12.0. The first kappa shape index (κ1) is 21.0. The third-order valence-electron chi connectivity index (χ3n) is 4.86. The molecule has 0 aliphatic carbocycles. The van der Waals surface area contributed by atoms with Crippen molar-refractivity contribution in [3.8, 4) is 5.75 Å². The quantitative estimate of drug-likeness (QED) is 0.354. The van der Waals surface area contributed by atoms with Gasteiger partial charge in [0.25, 0.3) is 10.0 Å². The number of aromatic nitrogens is 3. The van der Waals surface area contributed by atoms with Crippen molar-refractivity contribution in [2.75, 3.05) is 17.1 Å². The average Bonchev–Trinajstić information content (AvgIpc) is 3.27. The normalized spacial score (nSPS) is 11.6. The van der Waals surface area contributed by atoms with Gasteiger partial charge < -0.3 is 10.1 Å². The van der Waals surface area contributed by atoms with Gasteiger partial charge in [0.1, 0.15) is 0 Å². The van der Waals surface area contributed by atoms with Gasteiger partial charge in [0.2, 0.25) is 0 Å². The lowest BCUT2D eigenvalue weighted by molar-refractivity contribution is 0.385. The molecule has 0 spiro atoms. The highest BCUT2D eigenvalue weighted by Gasteiger charge is 2.21. The highest BCUT2D eigenvalue weighted by Crippen LogP contribution is 2.29. The SMILES string of the molecule is COc1ccc(S(=O)(=O)Nc2nc3ccccc3nc2Nc2ccc3nscc3c2)cc1F. The summed E-state index contributed by atoms with van der Waals surface area (Å²) in [6.45, 7) is 0. The zero-order chi connectivity index (χ0) is 23.0. The number of hydrogen-bond acceptors (Lipinski definition) is 8. The molecule has 2 aromatic heterocycles. The number of nitrogens with one attached hydrogen (secondary N) is 2. The molecule has 2 heterocycles. The van der Waals surface area contributed by atoms with E-state index in [-0.39, 0.29) is 22.3 Å². The Morgan fingerprint density at radius 1 is 0.939 bits per heavy atom. The predicted octanol–water partition coefficient (Wildman–Crippen LogP) is 4.93. The highest BCUT2D eigenvalue weighted by molar-refractivity contribution is 7.92. The van der Waals surface area contributed by atoms with Crippen LogP contribution in [0.3, 0.4) is 0 Å². The van der Waals surface area contributed by atoms with Gasteiger partial charge in [-0.15, -0.1) is 0 Å². The van der Waals surface area contributed by atoms with Gasteiger partial charge in [0.05, 0.1) is 28.6 Å². The number of sulfonamides is 1. The number of methoxy groups -OCH3 is 1. The lowest BCUT2D eigenvalue weighted by atomic mass is 10.2. The lowest BCUT2D eigenvalue weighted by Gasteiger charge is -2.14. The number of fused-ring (bicyclic) bond motifs is 2. The van der Waals surface area contributed by atoms with Crippen molar-refractivity contribution in [1.82, 2.24) is 14.3 Å². The molecule has 3 aromatic carbocycles. The summed E-state index contributed by atoms with van der Waals surface area (Å²) in [6.07, 6.45) is 0. The molecule has 11 heteroatoms. The summed E-state index contributed by atoms with van der Waals surface area (Å²) in [6, 6.07) is 16.0. The number of ether oxygens (including phenoxy) is 1. The van der Waals surface area contributed by atoms with E-state index in [0.29, 0.717) is 16.7 Å². The maximum atomic E-state index is 14.1. The van der Waals surface area contributed by atoms with E-state index in [1.165, 1.54) is 30.8 Å². The fraction of sp³-hybridized carbons (Fsp3) is 0.0455. The molecule has 8 nitrogen and oxygen atoms in total. The number of rotatable bonds is 6. The van der Waals surface area contributed by atoms with Crippen LogP contribution in [0.15, 0.2) is 70.9 Å². The molecule has 33 heavy (non-hydrogen) atoms. The number of hydrogen-bond donors (Lipinski definition) is 2. The second-order valence-electron chi connectivity index (χ2n) is 7.02. The molecule has 2 N–H and O–H groups in total. The van der Waals surface area contributed by atoms with Crippen molar-refractivity contribution in [2.45, 2.75) is 4.90 Å².